The Bertz CT molecular complexity index is 850. The number of allylic oxidation sites excluding steroid dienone is 2. The second-order valence-electron chi connectivity index (χ2n) is 6.26. The fraction of sp³-hybridized carbons (Fsp3) is 0.471. The van der Waals surface area contributed by atoms with E-state index >= 15 is 0 Å². The molecule has 1 aliphatic carbocycles. The Morgan fingerprint density at radius 2 is 2.17 bits per heavy atom. The summed E-state index contributed by atoms with van der Waals surface area (Å²) in [6.45, 7) is 2.65. The van der Waals surface area contributed by atoms with Crippen LogP contribution in [0.5, 0.6) is 0 Å². The number of fused-ring (bicyclic) bond motifs is 1. The van der Waals surface area contributed by atoms with Gasteiger partial charge < -0.3 is 4.90 Å². The predicted octanol–water partition coefficient (Wildman–Crippen LogP) is 3.94. The second kappa shape index (κ2) is 6.33. The highest BCUT2D eigenvalue weighted by molar-refractivity contribution is 7.18. The molecule has 126 valence electrons. The van der Waals surface area contributed by atoms with Gasteiger partial charge in [0.1, 0.15) is 10.7 Å². The molecule has 1 unspecified atom stereocenters. The van der Waals surface area contributed by atoms with Gasteiger partial charge in [0, 0.05) is 11.6 Å². The van der Waals surface area contributed by atoms with E-state index in [4.69, 9.17) is 11.6 Å². The molecule has 1 aliphatic heterocycles. The molecule has 2 aliphatic rings. The molecule has 4 rings (SSSR count). The Kier molecular flexibility index (Phi) is 4.18. The Morgan fingerprint density at radius 3 is 2.96 bits per heavy atom. The largest absolute Gasteiger partial charge is 0.329 e. The van der Waals surface area contributed by atoms with Crippen molar-refractivity contribution < 1.29 is 4.79 Å². The highest BCUT2D eigenvalue weighted by atomic mass is 35.5. The van der Waals surface area contributed by atoms with Crippen molar-refractivity contribution in [3.63, 3.8) is 0 Å². The van der Waals surface area contributed by atoms with Crippen molar-refractivity contribution >= 4 is 33.7 Å². The van der Waals surface area contributed by atoms with E-state index in [1.165, 1.54) is 11.3 Å². The van der Waals surface area contributed by atoms with Crippen molar-refractivity contribution in [3.05, 3.63) is 39.8 Å². The first-order valence-electron chi connectivity index (χ1n) is 8.33. The number of aryl methyl sites for hydroxylation is 1. The molecule has 0 spiro atoms. The topological polar surface area (TPSA) is 50.5 Å². The van der Waals surface area contributed by atoms with Crippen LogP contribution in [-0.2, 0) is 0 Å². The van der Waals surface area contributed by atoms with Gasteiger partial charge in [-0.15, -0.1) is 5.10 Å². The third kappa shape index (κ3) is 2.67. The normalized spacial score (nSPS) is 21.8. The first-order chi connectivity index (χ1) is 11.6. The number of aromatic nitrogens is 3. The SMILES string of the molecule is Cc1ncc2sc(C(=O)N3CCCCC3C3=CCCC=C3Cl)nn12. The average molecular weight is 363 g/mol. The molecule has 7 heteroatoms. The average Bonchev–Trinajstić information content (AvgIpc) is 3.17. The molecule has 0 aromatic carbocycles. The van der Waals surface area contributed by atoms with Crippen molar-refractivity contribution in [3.8, 4) is 0 Å². The Hall–Kier alpha value is -1.66. The van der Waals surface area contributed by atoms with E-state index in [2.05, 4.69) is 22.2 Å². The molecule has 24 heavy (non-hydrogen) atoms. The Balaban J connectivity index is 1.65. The van der Waals surface area contributed by atoms with Crippen LogP contribution in [0.15, 0.2) is 29.0 Å². The quantitative estimate of drug-likeness (QED) is 0.813. The lowest BCUT2D eigenvalue weighted by Crippen LogP contribution is -2.45. The number of imidazole rings is 1. The minimum atomic E-state index is 0.00346. The summed E-state index contributed by atoms with van der Waals surface area (Å²) in [6.07, 6.45) is 11.1. The van der Waals surface area contributed by atoms with Crippen LogP contribution in [0.2, 0.25) is 0 Å². The molecule has 0 bridgehead atoms. The van der Waals surface area contributed by atoms with Crippen LogP contribution in [0.1, 0.15) is 47.7 Å². The molecule has 3 heterocycles. The number of amides is 1. The van der Waals surface area contributed by atoms with E-state index < -0.39 is 0 Å². The number of likely N-dealkylation sites (tertiary alicyclic amines) is 1. The number of piperidine rings is 1. The summed E-state index contributed by atoms with van der Waals surface area (Å²) in [4.78, 5) is 20.2. The van der Waals surface area contributed by atoms with Crippen LogP contribution in [-0.4, -0.2) is 38.0 Å². The van der Waals surface area contributed by atoms with E-state index in [9.17, 15) is 4.79 Å². The van der Waals surface area contributed by atoms with Gasteiger partial charge in [0.05, 0.1) is 12.2 Å². The van der Waals surface area contributed by atoms with Gasteiger partial charge >= 0.3 is 0 Å². The fourth-order valence-corrected chi connectivity index (χ4v) is 4.69. The van der Waals surface area contributed by atoms with Crippen molar-refractivity contribution in [2.75, 3.05) is 6.54 Å². The first kappa shape index (κ1) is 15.8. The van der Waals surface area contributed by atoms with Crippen molar-refractivity contribution in [1.82, 2.24) is 19.5 Å². The van der Waals surface area contributed by atoms with E-state index in [1.54, 1.807) is 10.7 Å². The lowest BCUT2D eigenvalue weighted by Gasteiger charge is -2.37. The lowest BCUT2D eigenvalue weighted by atomic mass is 9.91. The standard InChI is InChI=1S/C17H19ClN4OS/c1-11-19-10-15-22(11)20-16(24-15)17(23)21-9-5-4-8-14(21)12-6-2-3-7-13(12)18/h6-7,10,14H,2-5,8-9H2,1H3. The number of halogens is 1. The van der Waals surface area contributed by atoms with Gasteiger partial charge in [0.2, 0.25) is 5.01 Å². The molecule has 0 N–H and O–H groups in total. The van der Waals surface area contributed by atoms with Gasteiger partial charge in [-0.25, -0.2) is 9.50 Å². The van der Waals surface area contributed by atoms with Gasteiger partial charge in [0.25, 0.3) is 5.91 Å². The predicted molar refractivity (Wildman–Crippen MR) is 95.5 cm³/mol. The van der Waals surface area contributed by atoms with Crippen LogP contribution >= 0.6 is 22.9 Å². The zero-order valence-corrected chi connectivity index (χ0v) is 15.1. The van der Waals surface area contributed by atoms with Gasteiger partial charge in [-0.1, -0.05) is 35.1 Å². The summed E-state index contributed by atoms with van der Waals surface area (Å²) in [6, 6.07) is 0.0674. The fourth-order valence-electron chi connectivity index (χ4n) is 3.49. The monoisotopic (exact) mass is 362 g/mol. The molecule has 2 aromatic heterocycles. The van der Waals surface area contributed by atoms with Gasteiger partial charge in [-0.05, 0) is 44.6 Å². The molecule has 1 saturated heterocycles. The number of carbonyl (C=O) groups excluding carboxylic acids is 1. The lowest BCUT2D eigenvalue weighted by molar-refractivity contribution is 0.0653. The molecule has 1 atom stereocenters. The maximum absolute atomic E-state index is 13.1. The summed E-state index contributed by atoms with van der Waals surface area (Å²) >= 11 is 7.83. The highest BCUT2D eigenvalue weighted by Gasteiger charge is 2.33. The molecule has 0 radical (unpaired) electrons. The van der Waals surface area contributed by atoms with Gasteiger partial charge in [0.15, 0.2) is 0 Å². The molecule has 0 saturated carbocycles. The number of hydrogen-bond acceptors (Lipinski definition) is 4. The summed E-state index contributed by atoms with van der Waals surface area (Å²) in [5.74, 6) is 0.806. The summed E-state index contributed by atoms with van der Waals surface area (Å²) < 4.78 is 1.74. The minimum Gasteiger partial charge on any atom is -0.329 e. The molecular formula is C17H19ClN4OS. The Morgan fingerprint density at radius 1 is 1.33 bits per heavy atom. The van der Waals surface area contributed by atoms with E-state index in [0.717, 1.165) is 59.9 Å². The molecular weight excluding hydrogens is 344 g/mol. The number of rotatable bonds is 2. The number of nitrogens with zero attached hydrogens (tertiary/aromatic N) is 4. The molecule has 1 fully saturated rings. The van der Waals surface area contributed by atoms with Gasteiger partial charge in [-0.2, -0.15) is 0 Å². The minimum absolute atomic E-state index is 0.00346. The second-order valence-corrected chi connectivity index (χ2v) is 7.68. The third-order valence-corrected chi connectivity index (χ3v) is 6.01. The van der Waals surface area contributed by atoms with Crippen molar-refractivity contribution in [2.45, 2.75) is 45.1 Å². The third-order valence-electron chi connectivity index (χ3n) is 4.71. The molecule has 2 aromatic rings. The number of carbonyl (C=O) groups is 1. The first-order valence-corrected chi connectivity index (χ1v) is 9.53. The van der Waals surface area contributed by atoms with Crippen LogP contribution in [0.25, 0.3) is 4.83 Å². The van der Waals surface area contributed by atoms with Crippen molar-refractivity contribution in [2.24, 2.45) is 0 Å². The summed E-state index contributed by atoms with van der Waals surface area (Å²) in [7, 11) is 0. The van der Waals surface area contributed by atoms with Crippen molar-refractivity contribution in [1.29, 1.82) is 0 Å². The highest BCUT2D eigenvalue weighted by Crippen LogP contribution is 2.33. The van der Waals surface area contributed by atoms with Gasteiger partial charge in [-0.3, -0.25) is 4.79 Å². The smallest absolute Gasteiger partial charge is 0.285 e. The number of hydrogen-bond donors (Lipinski definition) is 0. The van der Waals surface area contributed by atoms with Crippen LogP contribution in [0.4, 0.5) is 0 Å². The van der Waals surface area contributed by atoms with Crippen LogP contribution in [0, 0.1) is 6.92 Å². The zero-order chi connectivity index (χ0) is 16.7. The Labute approximate surface area is 149 Å². The van der Waals surface area contributed by atoms with Crippen LogP contribution < -0.4 is 0 Å². The van der Waals surface area contributed by atoms with E-state index in [0.29, 0.717) is 5.01 Å². The summed E-state index contributed by atoms with van der Waals surface area (Å²) in [5.41, 5.74) is 1.11. The maximum Gasteiger partial charge on any atom is 0.285 e. The van der Waals surface area contributed by atoms with Crippen LogP contribution in [0.3, 0.4) is 0 Å². The maximum atomic E-state index is 13.1. The van der Waals surface area contributed by atoms with E-state index in [-0.39, 0.29) is 11.9 Å². The molecule has 5 nitrogen and oxygen atoms in total. The zero-order valence-electron chi connectivity index (χ0n) is 13.5. The summed E-state index contributed by atoms with van der Waals surface area (Å²) in [5, 5.41) is 5.79. The van der Waals surface area contributed by atoms with E-state index in [1.807, 2.05) is 11.8 Å². The molecule has 1 amide bonds.